The first-order chi connectivity index (χ1) is 19.8. The number of piperidine rings is 1. The van der Waals surface area contributed by atoms with Crippen molar-refractivity contribution in [2.24, 2.45) is 0 Å². The van der Waals surface area contributed by atoms with Crippen LogP contribution in [-0.2, 0) is 20.4 Å². The van der Waals surface area contributed by atoms with Gasteiger partial charge in [0.25, 0.3) is 5.91 Å². The summed E-state index contributed by atoms with van der Waals surface area (Å²) in [5.41, 5.74) is 1.37. The highest BCUT2D eigenvalue weighted by atomic mass is 19.4. The Bertz CT molecular complexity index is 1140. The van der Waals surface area contributed by atoms with Gasteiger partial charge in [-0.2, -0.15) is 13.2 Å². The lowest BCUT2D eigenvalue weighted by atomic mass is 9.97. The van der Waals surface area contributed by atoms with Crippen LogP contribution in [0.25, 0.3) is 0 Å². The lowest BCUT2D eigenvalue weighted by Gasteiger charge is -2.38. The molecule has 224 valence electrons. The fraction of sp³-hybridized carbons (Fsp3) is 0.600. The normalized spacial score (nSPS) is 26.1. The summed E-state index contributed by atoms with van der Waals surface area (Å²) < 4.78 is 56.0. The van der Waals surface area contributed by atoms with E-state index in [0.717, 1.165) is 68.5 Å². The first-order valence-electron chi connectivity index (χ1n) is 14.5. The number of alkyl halides is 3. The number of likely N-dealkylation sites (tertiary alicyclic amines) is 1. The molecule has 8 nitrogen and oxygen atoms in total. The summed E-state index contributed by atoms with van der Waals surface area (Å²) in [4.78, 5) is 19.4. The van der Waals surface area contributed by atoms with Crippen LogP contribution < -0.4 is 10.6 Å². The minimum atomic E-state index is -4.35. The molecule has 5 rings (SSSR count). The summed E-state index contributed by atoms with van der Waals surface area (Å²) >= 11 is 0. The minimum absolute atomic E-state index is 0.0308. The highest BCUT2D eigenvalue weighted by Crippen LogP contribution is 2.34. The Morgan fingerprint density at radius 1 is 1.10 bits per heavy atom. The highest BCUT2D eigenvalue weighted by Gasteiger charge is 2.32. The molecule has 0 spiro atoms. The largest absolute Gasteiger partial charge is 0.416 e. The van der Waals surface area contributed by atoms with E-state index in [0.29, 0.717) is 37.8 Å². The maximum atomic E-state index is 13.2. The summed E-state index contributed by atoms with van der Waals surface area (Å²) in [6, 6.07) is 7.65. The van der Waals surface area contributed by atoms with Crippen molar-refractivity contribution in [3.8, 4) is 0 Å². The first kappa shape index (κ1) is 29.8. The van der Waals surface area contributed by atoms with Gasteiger partial charge in [-0.25, -0.2) is 0 Å². The Morgan fingerprint density at radius 2 is 1.88 bits per heavy atom. The summed E-state index contributed by atoms with van der Waals surface area (Å²) in [6.07, 6.45) is 3.85. The van der Waals surface area contributed by atoms with E-state index in [4.69, 9.17) is 14.2 Å². The van der Waals surface area contributed by atoms with Crippen molar-refractivity contribution in [2.45, 2.75) is 75.1 Å². The monoisotopic (exact) mass is 576 g/mol. The van der Waals surface area contributed by atoms with Gasteiger partial charge in [0.2, 0.25) is 0 Å². The van der Waals surface area contributed by atoms with Crippen LogP contribution in [0, 0.1) is 0 Å². The number of nitrogens with one attached hydrogen (secondary N) is 2. The van der Waals surface area contributed by atoms with Crippen molar-refractivity contribution in [2.75, 3.05) is 45.3 Å². The van der Waals surface area contributed by atoms with Crippen molar-refractivity contribution in [3.05, 3.63) is 59.4 Å². The maximum absolute atomic E-state index is 13.2. The Balaban J connectivity index is 1.10. The predicted molar refractivity (Wildman–Crippen MR) is 148 cm³/mol. The van der Waals surface area contributed by atoms with E-state index in [1.807, 2.05) is 11.0 Å². The van der Waals surface area contributed by atoms with Crippen LogP contribution in [-0.4, -0.2) is 80.0 Å². The van der Waals surface area contributed by atoms with Gasteiger partial charge in [0.1, 0.15) is 0 Å². The number of benzene rings is 1. The average Bonchev–Trinajstić information content (AvgIpc) is 3.00. The molecule has 1 aromatic carbocycles. The molecule has 2 aromatic rings. The fourth-order valence-electron chi connectivity index (χ4n) is 5.94. The smallest absolute Gasteiger partial charge is 0.381 e. The van der Waals surface area contributed by atoms with Crippen LogP contribution in [0.2, 0.25) is 0 Å². The third-order valence-electron chi connectivity index (χ3n) is 8.32. The molecule has 11 heteroatoms. The van der Waals surface area contributed by atoms with Gasteiger partial charge >= 0.3 is 6.18 Å². The summed E-state index contributed by atoms with van der Waals surface area (Å²) in [5.74, 6) is -0.0308. The second-order valence-electron chi connectivity index (χ2n) is 11.1. The molecular weight excluding hydrogens is 537 g/mol. The Kier molecular flexibility index (Phi) is 9.79. The van der Waals surface area contributed by atoms with Crippen LogP contribution in [0.5, 0.6) is 0 Å². The van der Waals surface area contributed by atoms with Crippen molar-refractivity contribution < 1.29 is 32.2 Å². The van der Waals surface area contributed by atoms with E-state index >= 15 is 0 Å². The number of amides is 1. The highest BCUT2D eigenvalue weighted by molar-refractivity contribution is 5.94. The van der Waals surface area contributed by atoms with E-state index in [1.54, 1.807) is 19.5 Å². The second-order valence-corrected chi connectivity index (χ2v) is 11.1. The van der Waals surface area contributed by atoms with Crippen molar-refractivity contribution in [1.82, 2.24) is 15.2 Å². The number of carbonyl (C=O) groups is 1. The zero-order chi connectivity index (χ0) is 28.8. The van der Waals surface area contributed by atoms with Gasteiger partial charge in [-0.3, -0.25) is 9.78 Å². The second kappa shape index (κ2) is 13.5. The van der Waals surface area contributed by atoms with Crippen LogP contribution in [0.15, 0.2) is 42.7 Å². The summed E-state index contributed by atoms with van der Waals surface area (Å²) in [6.45, 7) is 3.21. The molecule has 4 heterocycles. The van der Waals surface area contributed by atoms with Gasteiger partial charge in [0.15, 0.2) is 0 Å². The molecular formula is C30H39F3N4O4. The van der Waals surface area contributed by atoms with Gasteiger partial charge in [-0.1, -0.05) is 12.1 Å². The van der Waals surface area contributed by atoms with Crippen LogP contribution in [0.3, 0.4) is 0 Å². The standard InChI is InChI=1S/C30H39F3N4O4/c1-39-28-19-40-14-11-26(28)36-23-9-12-37(13-10-23)29(38)21-15-24(17-34-16-21)35-18-25-3-2-4-27(41-25)20-5-7-22(8-6-20)30(31,32)33/h5-8,15-17,23,25-28,35-36H,2-4,9-14,18-19H2,1H3/t25-,26+,27+,28-/m1/s1. The number of nitrogens with zero attached hydrogens (tertiary/aromatic N) is 2. The molecule has 0 radical (unpaired) electrons. The molecule has 0 unspecified atom stereocenters. The number of rotatable bonds is 8. The Hall–Kier alpha value is -2.73. The zero-order valence-corrected chi connectivity index (χ0v) is 23.4. The molecule has 2 N–H and O–H groups in total. The van der Waals surface area contributed by atoms with E-state index in [9.17, 15) is 18.0 Å². The van der Waals surface area contributed by atoms with Crippen LogP contribution in [0.4, 0.5) is 18.9 Å². The molecule has 3 fully saturated rings. The predicted octanol–water partition coefficient (Wildman–Crippen LogP) is 4.82. The Labute approximate surface area is 238 Å². The molecule has 3 saturated heterocycles. The van der Waals surface area contributed by atoms with E-state index < -0.39 is 11.7 Å². The zero-order valence-electron chi connectivity index (χ0n) is 23.4. The number of aromatic nitrogens is 1. The molecule has 0 aliphatic carbocycles. The quantitative estimate of drug-likeness (QED) is 0.466. The molecule has 4 atom stereocenters. The summed E-state index contributed by atoms with van der Waals surface area (Å²) in [5, 5.41) is 7.05. The van der Waals surface area contributed by atoms with Gasteiger partial charge < -0.3 is 29.7 Å². The van der Waals surface area contributed by atoms with Gasteiger partial charge in [0, 0.05) is 57.8 Å². The lowest BCUT2D eigenvalue weighted by molar-refractivity contribution is -0.137. The van der Waals surface area contributed by atoms with Crippen molar-refractivity contribution in [1.29, 1.82) is 0 Å². The topological polar surface area (TPSA) is 85.0 Å². The number of anilines is 1. The maximum Gasteiger partial charge on any atom is 0.416 e. The molecule has 1 aromatic heterocycles. The molecule has 0 saturated carbocycles. The van der Waals surface area contributed by atoms with Gasteiger partial charge in [-0.05, 0) is 62.3 Å². The number of hydrogen-bond donors (Lipinski definition) is 2. The molecule has 41 heavy (non-hydrogen) atoms. The van der Waals surface area contributed by atoms with Crippen LogP contribution >= 0.6 is 0 Å². The number of halogens is 3. The van der Waals surface area contributed by atoms with E-state index in [1.165, 1.54) is 12.1 Å². The third-order valence-corrected chi connectivity index (χ3v) is 8.32. The summed E-state index contributed by atoms with van der Waals surface area (Å²) in [7, 11) is 1.72. The first-order valence-corrected chi connectivity index (χ1v) is 14.5. The van der Waals surface area contributed by atoms with E-state index in [2.05, 4.69) is 15.6 Å². The fourth-order valence-corrected chi connectivity index (χ4v) is 5.94. The van der Waals surface area contributed by atoms with E-state index in [-0.39, 0.29) is 30.3 Å². The number of ether oxygens (including phenoxy) is 3. The lowest BCUT2D eigenvalue weighted by Crippen LogP contribution is -2.54. The average molecular weight is 577 g/mol. The molecule has 3 aliphatic heterocycles. The van der Waals surface area contributed by atoms with Gasteiger partial charge in [-0.15, -0.1) is 0 Å². The van der Waals surface area contributed by atoms with Crippen molar-refractivity contribution in [3.63, 3.8) is 0 Å². The van der Waals surface area contributed by atoms with Crippen molar-refractivity contribution >= 4 is 11.6 Å². The molecule has 0 bridgehead atoms. The SMILES string of the molecule is CO[C@@H]1COCC[C@@H]1NC1CCN(C(=O)c2cncc(NC[C@H]3CCC[C@@H](c4ccc(C(F)(F)F)cc4)O3)c2)CC1. The minimum Gasteiger partial charge on any atom is -0.381 e. The molecule has 3 aliphatic rings. The third kappa shape index (κ3) is 7.77. The number of pyridine rings is 1. The number of methoxy groups -OCH3 is 1. The van der Waals surface area contributed by atoms with Gasteiger partial charge in [0.05, 0.1) is 41.7 Å². The number of hydrogen-bond acceptors (Lipinski definition) is 7. The van der Waals surface area contributed by atoms with Crippen LogP contribution in [0.1, 0.15) is 66.1 Å². The Morgan fingerprint density at radius 3 is 2.61 bits per heavy atom. The molecule has 1 amide bonds. The number of carbonyl (C=O) groups excluding carboxylic acids is 1.